The van der Waals surface area contributed by atoms with Gasteiger partial charge in [0.05, 0.1) is 5.69 Å². The van der Waals surface area contributed by atoms with Gasteiger partial charge in [0.2, 0.25) is 5.91 Å². The number of aromatic nitrogens is 1. The van der Waals surface area contributed by atoms with Crippen molar-refractivity contribution in [1.29, 1.82) is 0 Å². The first kappa shape index (κ1) is 14.5. The molecule has 1 aliphatic heterocycles. The number of anilines is 2. The number of ether oxygens (including phenoxy) is 1. The third-order valence-corrected chi connectivity index (χ3v) is 4.07. The molecule has 0 radical (unpaired) electrons. The molecule has 1 aliphatic rings. The van der Waals surface area contributed by atoms with Crippen LogP contribution in [-0.4, -0.2) is 29.4 Å². The first-order valence-electron chi connectivity index (χ1n) is 6.84. The molecule has 3 rings (SSSR count). The molecular formula is C15H15N3O3S. The Balaban J connectivity index is 1.78. The smallest absolute Gasteiger partial charge is 0.268 e. The predicted molar refractivity (Wildman–Crippen MR) is 84.4 cm³/mol. The van der Waals surface area contributed by atoms with Gasteiger partial charge in [-0.15, -0.1) is 11.3 Å². The van der Waals surface area contributed by atoms with Gasteiger partial charge >= 0.3 is 0 Å². The fourth-order valence-corrected chi connectivity index (χ4v) is 2.92. The first-order chi connectivity index (χ1) is 10.5. The summed E-state index contributed by atoms with van der Waals surface area (Å²) in [4.78, 5) is 31.0. The Morgan fingerprint density at radius 3 is 2.95 bits per heavy atom. The van der Waals surface area contributed by atoms with E-state index in [4.69, 9.17) is 4.74 Å². The standard InChI is InChI=1S/C15H15N3O3S/c1-9-7-16-15(22-9)17-13(19)8-18-11-5-3-4-6-12(11)21-10(2)14(18)20/h3-7,10H,8H2,1-2H3,(H,16,17,19). The molecule has 2 aromatic rings. The SMILES string of the molecule is Cc1cnc(NC(=O)CN2C(=O)C(C)Oc3ccccc32)s1. The maximum Gasteiger partial charge on any atom is 0.268 e. The molecular weight excluding hydrogens is 302 g/mol. The number of fused-ring (bicyclic) bond motifs is 1. The van der Waals surface area contributed by atoms with E-state index in [1.807, 2.05) is 13.0 Å². The lowest BCUT2D eigenvalue weighted by molar-refractivity contribution is -0.127. The van der Waals surface area contributed by atoms with Gasteiger partial charge in [-0.1, -0.05) is 12.1 Å². The van der Waals surface area contributed by atoms with Crippen LogP contribution in [0.2, 0.25) is 0 Å². The number of amides is 2. The topological polar surface area (TPSA) is 71.5 Å². The van der Waals surface area contributed by atoms with Crippen molar-refractivity contribution in [2.45, 2.75) is 20.0 Å². The molecule has 114 valence electrons. The zero-order chi connectivity index (χ0) is 15.7. The normalized spacial score (nSPS) is 16.9. The molecule has 22 heavy (non-hydrogen) atoms. The highest BCUT2D eigenvalue weighted by Crippen LogP contribution is 2.33. The largest absolute Gasteiger partial charge is 0.479 e. The highest BCUT2D eigenvalue weighted by Gasteiger charge is 2.32. The molecule has 1 unspecified atom stereocenters. The Labute approximate surface area is 131 Å². The van der Waals surface area contributed by atoms with Gasteiger partial charge in [0.15, 0.2) is 11.2 Å². The van der Waals surface area contributed by atoms with Crippen molar-refractivity contribution >= 4 is 34.0 Å². The minimum absolute atomic E-state index is 0.0673. The lowest BCUT2D eigenvalue weighted by atomic mass is 10.2. The number of para-hydroxylation sites is 2. The van der Waals surface area contributed by atoms with Crippen LogP contribution < -0.4 is 15.0 Å². The zero-order valence-corrected chi connectivity index (χ0v) is 13.0. The molecule has 0 aliphatic carbocycles. The average Bonchev–Trinajstić information content (AvgIpc) is 2.89. The molecule has 2 heterocycles. The number of aryl methyl sites for hydroxylation is 1. The summed E-state index contributed by atoms with van der Waals surface area (Å²) in [6.45, 7) is 3.52. The van der Waals surface area contributed by atoms with Gasteiger partial charge in [0.1, 0.15) is 12.3 Å². The maximum absolute atomic E-state index is 12.3. The van der Waals surface area contributed by atoms with Crippen LogP contribution in [-0.2, 0) is 9.59 Å². The molecule has 1 N–H and O–H groups in total. The number of carbonyl (C=O) groups excluding carboxylic acids is 2. The van der Waals surface area contributed by atoms with E-state index in [0.717, 1.165) is 4.88 Å². The molecule has 1 aromatic heterocycles. The first-order valence-corrected chi connectivity index (χ1v) is 7.65. The molecule has 7 heteroatoms. The molecule has 2 amide bonds. The summed E-state index contributed by atoms with van der Waals surface area (Å²) in [6.07, 6.45) is 1.09. The lowest BCUT2D eigenvalue weighted by Crippen LogP contribution is -2.47. The van der Waals surface area contributed by atoms with Crippen LogP contribution >= 0.6 is 11.3 Å². The second kappa shape index (κ2) is 5.76. The molecule has 0 saturated heterocycles. The van der Waals surface area contributed by atoms with E-state index in [1.54, 1.807) is 31.3 Å². The van der Waals surface area contributed by atoms with Gasteiger partial charge < -0.3 is 10.1 Å². The lowest BCUT2D eigenvalue weighted by Gasteiger charge is -2.32. The second-order valence-electron chi connectivity index (χ2n) is 4.98. The highest BCUT2D eigenvalue weighted by atomic mass is 32.1. The number of benzene rings is 1. The van der Waals surface area contributed by atoms with Crippen LogP contribution in [0.4, 0.5) is 10.8 Å². The molecule has 1 atom stereocenters. The molecule has 0 fully saturated rings. The Kier molecular flexibility index (Phi) is 3.81. The van der Waals surface area contributed by atoms with E-state index in [1.165, 1.54) is 16.2 Å². The van der Waals surface area contributed by atoms with Crippen LogP contribution in [0.5, 0.6) is 5.75 Å². The van der Waals surface area contributed by atoms with Crippen molar-refractivity contribution < 1.29 is 14.3 Å². The number of hydrogen-bond donors (Lipinski definition) is 1. The molecule has 0 saturated carbocycles. The Bertz CT molecular complexity index is 728. The van der Waals surface area contributed by atoms with Crippen molar-refractivity contribution in [3.63, 3.8) is 0 Å². The summed E-state index contributed by atoms with van der Waals surface area (Å²) < 4.78 is 5.54. The van der Waals surface area contributed by atoms with E-state index < -0.39 is 6.10 Å². The fraction of sp³-hybridized carbons (Fsp3) is 0.267. The van der Waals surface area contributed by atoms with E-state index in [0.29, 0.717) is 16.6 Å². The van der Waals surface area contributed by atoms with E-state index >= 15 is 0 Å². The van der Waals surface area contributed by atoms with Gasteiger partial charge in [0, 0.05) is 11.1 Å². The fourth-order valence-electron chi connectivity index (χ4n) is 2.24. The van der Waals surface area contributed by atoms with Crippen molar-refractivity contribution in [2.75, 3.05) is 16.8 Å². The summed E-state index contributed by atoms with van der Waals surface area (Å²) in [6, 6.07) is 7.19. The van der Waals surface area contributed by atoms with Crippen molar-refractivity contribution in [1.82, 2.24) is 4.98 Å². The monoisotopic (exact) mass is 317 g/mol. The van der Waals surface area contributed by atoms with Crippen LogP contribution in [0.3, 0.4) is 0 Å². The number of rotatable bonds is 3. The molecule has 0 bridgehead atoms. The molecule has 1 aromatic carbocycles. The van der Waals surface area contributed by atoms with Gasteiger partial charge in [-0.25, -0.2) is 4.98 Å². The summed E-state index contributed by atoms with van der Waals surface area (Å²) in [7, 11) is 0. The van der Waals surface area contributed by atoms with Crippen molar-refractivity contribution in [3.8, 4) is 5.75 Å². The maximum atomic E-state index is 12.3. The summed E-state index contributed by atoms with van der Waals surface area (Å²) in [5, 5.41) is 3.24. The number of thiazole rings is 1. The van der Waals surface area contributed by atoms with Crippen LogP contribution in [0.1, 0.15) is 11.8 Å². The predicted octanol–water partition coefficient (Wildman–Crippen LogP) is 2.20. The number of hydrogen-bond acceptors (Lipinski definition) is 5. The van der Waals surface area contributed by atoms with E-state index in [9.17, 15) is 9.59 Å². The Morgan fingerprint density at radius 2 is 2.23 bits per heavy atom. The summed E-state index contributed by atoms with van der Waals surface area (Å²) >= 11 is 1.39. The Hall–Kier alpha value is -2.41. The minimum atomic E-state index is -0.607. The van der Waals surface area contributed by atoms with Crippen molar-refractivity contribution in [2.24, 2.45) is 0 Å². The van der Waals surface area contributed by atoms with E-state index in [2.05, 4.69) is 10.3 Å². The Morgan fingerprint density at radius 1 is 1.45 bits per heavy atom. The van der Waals surface area contributed by atoms with Crippen molar-refractivity contribution in [3.05, 3.63) is 35.3 Å². The number of nitrogens with zero attached hydrogens (tertiary/aromatic N) is 2. The molecule has 0 spiro atoms. The van der Waals surface area contributed by atoms with Gasteiger partial charge in [-0.05, 0) is 26.0 Å². The van der Waals surface area contributed by atoms with Crippen LogP contribution in [0.15, 0.2) is 30.5 Å². The molecule has 6 nitrogen and oxygen atoms in total. The summed E-state index contributed by atoms with van der Waals surface area (Å²) in [5.74, 6) is 0.0864. The van der Waals surface area contributed by atoms with Crippen LogP contribution in [0, 0.1) is 6.92 Å². The number of carbonyl (C=O) groups is 2. The van der Waals surface area contributed by atoms with E-state index in [-0.39, 0.29) is 18.4 Å². The number of nitrogens with one attached hydrogen (secondary N) is 1. The minimum Gasteiger partial charge on any atom is -0.479 e. The second-order valence-corrected chi connectivity index (χ2v) is 6.21. The van der Waals surface area contributed by atoms with Gasteiger partial charge in [-0.3, -0.25) is 14.5 Å². The van der Waals surface area contributed by atoms with Gasteiger partial charge in [0.25, 0.3) is 5.91 Å². The quantitative estimate of drug-likeness (QED) is 0.942. The average molecular weight is 317 g/mol. The van der Waals surface area contributed by atoms with Gasteiger partial charge in [-0.2, -0.15) is 0 Å². The zero-order valence-electron chi connectivity index (χ0n) is 12.2. The van der Waals surface area contributed by atoms with Crippen LogP contribution in [0.25, 0.3) is 0 Å². The third kappa shape index (κ3) is 2.80. The third-order valence-electron chi connectivity index (χ3n) is 3.24. The highest BCUT2D eigenvalue weighted by molar-refractivity contribution is 7.15. The summed E-state index contributed by atoms with van der Waals surface area (Å²) in [5.41, 5.74) is 0.607.